The molecule has 7 nitrogen and oxygen atoms in total. The molecule has 1 aromatic heterocycles. The van der Waals surface area contributed by atoms with Crippen molar-refractivity contribution in [1.82, 2.24) is 10.2 Å². The van der Waals surface area contributed by atoms with Crippen LogP contribution < -0.4 is 16.3 Å². The Morgan fingerprint density at radius 2 is 1.64 bits per heavy atom. The summed E-state index contributed by atoms with van der Waals surface area (Å²) in [5, 5.41) is 3.29. The van der Waals surface area contributed by atoms with E-state index in [1.54, 1.807) is 0 Å². The molecule has 14 heteroatoms. The maximum Gasteiger partial charge on any atom is 0.433 e. The molecule has 1 aromatic carbocycles. The molecule has 36 heavy (non-hydrogen) atoms. The number of anilines is 1. The van der Waals surface area contributed by atoms with Crippen LogP contribution in [0.1, 0.15) is 19.5 Å². The van der Waals surface area contributed by atoms with Crippen LogP contribution in [-0.2, 0) is 6.18 Å². The number of rotatable bonds is 4. The summed E-state index contributed by atoms with van der Waals surface area (Å²) in [6, 6.07) is 7.02. The SMILES string of the molecule is C#C.C=C(C)C.C=N/C(N)=N\N(CC(F)(F)F)Oc1ccccc1F.Nc1ccnc(C(F)(F)F)c1. The van der Waals surface area contributed by atoms with E-state index < -0.39 is 42.1 Å². The van der Waals surface area contributed by atoms with Gasteiger partial charge >= 0.3 is 12.4 Å². The lowest BCUT2D eigenvalue weighted by molar-refractivity contribution is -0.196. The number of benzene rings is 1. The van der Waals surface area contributed by atoms with Gasteiger partial charge in [0.1, 0.15) is 5.69 Å². The third-order valence-electron chi connectivity index (χ3n) is 2.81. The van der Waals surface area contributed by atoms with Gasteiger partial charge in [-0.3, -0.25) is 4.98 Å². The molecule has 2 rings (SSSR count). The number of allylic oxidation sites excluding steroid dienone is 1. The van der Waals surface area contributed by atoms with Crippen LogP contribution in [-0.4, -0.2) is 35.6 Å². The maximum absolute atomic E-state index is 13.3. The second kappa shape index (κ2) is 16.4. The first-order valence-electron chi connectivity index (χ1n) is 9.37. The molecule has 0 saturated carbocycles. The van der Waals surface area contributed by atoms with Crippen molar-refractivity contribution in [1.29, 1.82) is 0 Å². The predicted octanol–water partition coefficient (Wildman–Crippen LogP) is 5.43. The van der Waals surface area contributed by atoms with Gasteiger partial charge in [0.15, 0.2) is 18.1 Å². The largest absolute Gasteiger partial charge is 0.433 e. The highest BCUT2D eigenvalue weighted by Gasteiger charge is 2.33. The maximum atomic E-state index is 13.3. The second-order valence-corrected chi connectivity index (χ2v) is 6.44. The lowest BCUT2D eigenvalue weighted by Gasteiger charge is -2.20. The number of guanidine groups is 1. The van der Waals surface area contributed by atoms with Crippen LogP contribution in [0.3, 0.4) is 0 Å². The molecule has 0 amide bonds. The van der Waals surface area contributed by atoms with Gasteiger partial charge in [0, 0.05) is 11.9 Å². The molecule has 198 valence electrons. The Morgan fingerprint density at radius 3 is 2.03 bits per heavy atom. The quantitative estimate of drug-likeness (QED) is 0.139. The fourth-order valence-corrected chi connectivity index (χ4v) is 1.62. The minimum absolute atomic E-state index is 0.0623. The Kier molecular flexibility index (Phi) is 15.4. The number of nitrogen functional groups attached to an aromatic ring is 1. The average molecular weight is 522 g/mol. The van der Waals surface area contributed by atoms with E-state index >= 15 is 0 Å². The molecular weight excluding hydrogens is 497 g/mol. The Bertz CT molecular complexity index is 1000. The van der Waals surface area contributed by atoms with Crippen LogP contribution in [0.25, 0.3) is 0 Å². The van der Waals surface area contributed by atoms with E-state index in [0.29, 0.717) is 0 Å². The van der Waals surface area contributed by atoms with Crippen molar-refractivity contribution in [3.63, 3.8) is 0 Å². The van der Waals surface area contributed by atoms with Crippen molar-refractivity contribution in [3.8, 4) is 18.6 Å². The lowest BCUT2D eigenvalue weighted by atomic mass is 10.3. The number of alkyl halides is 6. The first-order valence-corrected chi connectivity index (χ1v) is 9.37. The van der Waals surface area contributed by atoms with Gasteiger partial charge in [0.05, 0.1) is 0 Å². The average Bonchev–Trinajstić information content (AvgIpc) is 2.75. The topological polar surface area (TPSA) is 102 Å². The Hall–Kier alpha value is -4.28. The summed E-state index contributed by atoms with van der Waals surface area (Å²) < 4.78 is 85.7. The number of aliphatic imine (C=N–C) groups is 1. The molecule has 4 N–H and O–H groups in total. The first kappa shape index (κ1) is 33.9. The molecule has 1 heterocycles. The second-order valence-electron chi connectivity index (χ2n) is 6.44. The molecule has 0 atom stereocenters. The van der Waals surface area contributed by atoms with Gasteiger partial charge in [0.2, 0.25) is 5.96 Å². The fraction of sp³-hybridized carbons (Fsp3) is 0.227. The fourth-order valence-electron chi connectivity index (χ4n) is 1.62. The van der Waals surface area contributed by atoms with Gasteiger partial charge in [-0.05, 0) is 44.8 Å². The standard InChI is InChI=1S/C10H10F4N4O.C6H5F3N2.C4H8.C2H2/c1-16-9(15)17-18(6-10(12,13)14)19-8-5-3-2-4-7(8)11;7-6(8,9)5-3-4(10)1-2-11-5;1-4(2)3;1-2/h2-5H,1,6H2,(H2,15,17);1-3H,(H2,10,11);1H2,2-3H3;1-2H. The summed E-state index contributed by atoms with van der Waals surface area (Å²) in [7, 11) is 0. The lowest BCUT2D eigenvalue weighted by Crippen LogP contribution is -2.34. The number of terminal acetylenes is 1. The smallest absolute Gasteiger partial charge is 0.399 e. The van der Waals surface area contributed by atoms with Gasteiger partial charge in [-0.25, -0.2) is 9.38 Å². The number of aromatic nitrogens is 1. The minimum Gasteiger partial charge on any atom is -0.399 e. The van der Waals surface area contributed by atoms with Crippen LogP contribution in [0.2, 0.25) is 0 Å². The van der Waals surface area contributed by atoms with Gasteiger partial charge in [-0.1, -0.05) is 17.7 Å². The number of nitrogens with two attached hydrogens (primary N) is 2. The minimum atomic E-state index is -4.61. The zero-order valence-corrected chi connectivity index (χ0v) is 19.3. The number of hydrazone groups is 1. The van der Waals surface area contributed by atoms with Crippen LogP contribution in [0, 0.1) is 18.7 Å². The zero-order valence-electron chi connectivity index (χ0n) is 19.3. The van der Waals surface area contributed by atoms with Crippen LogP contribution in [0.4, 0.5) is 36.4 Å². The molecule has 0 spiro atoms. The number of para-hydroxylation sites is 1. The van der Waals surface area contributed by atoms with Gasteiger partial charge in [0.25, 0.3) is 0 Å². The predicted molar refractivity (Wildman–Crippen MR) is 125 cm³/mol. The van der Waals surface area contributed by atoms with Crippen molar-refractivity contribution < 1.29 is 35.6 Å². The molecule has 0 fully saturated rings. The molecule has 0 bridgehead atoms. The highest BCUT2D eigenvalue weighted by molar-refractivity contribution is 5.81. The van der Waals surface area contributed by atoms with E-state index in [4.69, 9.17) is 11.5 Å². The number of hydroxylamine groups is 1. The molecule has 0 saturated heterocycles. The molecule has 0 aliphatic carbocycles. The van der Waals surface area contributed by atoms with E-state index in [1.807, 2.05) is 13.8 Å². The van der Waals surface area contributed by atoms with E-state index in [0.717, 1.165) is 24.4 Å². The van der Waals surface area contributed by atoms with Crippen molar-refractivity contribution in [2.75, 3.05) is 12.3 Å². The van der Waals surface area contributed by atoms with Crippen LogP contribution in [0.15, 0.2) is 64.8 Å². The summed E-state index contributed by atoms with van der Waals surface area (Å²) in [5.74, 6) is -1.80. The zero-order chi connectivity index (χ0) is 28.5. The van der Waals surface area contributed by atoms with Gasteiger partial charge < -0.3 is 16.3 Å². The highest BCUT2D eigenvalue weighted by Crippen LogP contribution is 2.28. The summed E-state index contributed by atoms with van der Waals surface area (Å²) in [6.45, 7) is 8.91. The molecule has 2 aromatic rings. The molecule has 0 unspecified atom stereocenters. The molecule has 0 aliphatic rings. The Morgan fingerprint density at radius 1 is 1.11 bits per heavy atom. The van der Waals surface area contributed by atoms with Gasteiger partial charge in [-0.2, -0.15) is 26.3 Å². The van der Waals surface area contributed by atoms with Crippen molar-refractivity contribution in [3.05, 3.63) is 66.3 Å². The molecule has 0 radical (unpaired) electrons. The van der Waals surface area contributed by atoms with Crippen LogP contribution in [0.5, 0.6) is 5.75 Å². The molecule has 0 aliphatic heterocycles. The monoisotopic (exact) mass is 522 g/mol. The van der Waals surface area contributed by atoms with Crippen molar-refractivity contribution in [2.24, 2.45) is 15.8 Å². The number of pyridine rings is 1. The summed E-state index contributed by atoms with van der Waals surface area (Å²) in [4.78, 5) is 10.9. The Balaban J connectivity index is 0. The van der Waals surface area contributed by atoms with Gasteiger partial charge in [-0.15, -0.1) is 29.7 Å². The third-order valence-corrected chi connectivity index (χ3v) is 2.81. The van der Waals surface area contributed by atoms with E-state index in [-0.39, 0.29) is 10.9 Å². The number of halogens is 7. The van der Waals surface area contributed by atoms with Crippen LogP contribution >= 0.6 is 0 Å². The normalized spacial score (nSPS) is 10.7. The van der Waals surface area contributed by atoms with E-state index in [9.17, 15) is 30.7 Å². The number of hydrogen-bond donors (Lipinski definition) is 2. The van der Waals surface area contributed by atoms with Crippen molar-refractivity contribution in [2.45, 2.75) is 26.2 Å². The summed E-state index contributed by atoms with van der Waals surface area (Å²) in [5.41, 5.74) is 10.5. The number of hydrogen-bond acceptors (Lipinski definition) is 5. The van der Waals surface area contributed by atoms with E-state index in [2.05, 4.69) is 46.1 Å². The summed E-state index contributed by atoms with van der Waals surface area (Å²) >= 11 is 0. The summed E-state index contributed by atoms with van der Waals surface area (Å²) in [6.07, 6.45) is 0.00371. The first-order chi connectivity index (χ1) is 16.5. The highest BCUT2D eigenvalue weighted by atomic mass is 19.4. The number of nitrogens with zero attached hydrogens (tertiary/aromatic N) is 4. The molecular formula is C22H25F7N6O. The van der Waals surface area contributed by atoms with E-state index in [1.165, 1.54) is 23.8 Å². The third kappa shape index (κ3) is 17.2. The van der Waals surface area contributed by atoms with Crippen molar-refractivity contribution >= 4 is 18.4 Å². The Labute approximate surface area is 203 Å².